The van der Waals surface area contributed by atoms with Crippen LogP contribution in [0.15, 0.2) is 0 Å². The Kier molecular flexibility index (Phi) is 3.26. The summed E-state index contributed by atoms with van der Waals surface area (Å²) >= 11 is 0. The molecule has 0 radical (unpaired) electrons. The number of aromatic amines is 1. The number of hydrogen-bond donors (Lipinski definition) is 3. The second kappa shape index (κ2) is 4.66. The number of aromatic nitrogens is 2. The molecule has 1 aliphatic heterocycles. The monoisotopic (exact) mass is 208 g/mol. The lowest BCUT2D eigenvalue weighted by Crippen LogP contribution is -2.39. The van der Waals surface area contributed by atoms with Crippen LogP contribution in [0.2, 0.25) is 0 Å². The molecule has 1 unspecified atom stereocenters. The first kappa shape index (κ1) is 10.5. The Labute approximate surface area is 90.8 Å². The van der Waals surface area contributed by atoms with Crippen molar-refractivity contribution in [3.8, 4) is 0 Å². The molecule has 2 rings (SSSR count). The van der Waals surface area contributed by atoms with Gasteiger partial charge in [-0.1, -0.05) is 6.42 Å². The van der Waals surface area contributed by atoms with Crippen LogP contribution in [0.1, 0.15) is 30.7 Å². The van der Waals surface area contributed by atoms with Crippen molar-refractivity contribution in [1.29, 1.82) is 0 Å². The first-order valence-electron chi connectivity index (χ1n) is 5.76. The second-order valence-electron chi connectivity index (χ2n) is 4.34. The van der Waals surface area contributed by atoms with Gasteiger partial charge in [0.1, 0.15) is 0 Å². The zero-order valence-corrected chi connectivity index (χ0v) is 9.56. The lowest BCUT2D eigenvalue weighted by Gasteiger charge is -2.24. The summed E-state index contributed by atoms with van der Waals surface area (Å²) in [5, 5.41) is 14.2. The van der Waals surface area contributed by atoms with Crippen molar-refractivity contribution in [2.45, 2.75) is 39.2 Å². The fraction of sp³-hybridized carbons (Fsp3) is 0.727. The highest BCUT2D eigenvalue weighted by Gasteiger charge is 2.13. The standard InChI is InChI=1S/C11H20N4/c1-8-11(9(2)15-14-8)13-7-10-5-3-4-6-12-10/h10,12-13H,3-7H2,1-2H3,(H,14,15). The molecule has 2 heterocycles. The summed E-state index contributed by atoms with van der Waals surface area (Å²) in [6, 6.07) is 0.618. The van der Waals surface area contributed by atoms with Crippen molar-refractivity contribution >= 4 is 5.69 Å². The van der Waals surface area contributed by atoms with Gasteiger partial charge in [-0.05, 0) is 33.2 Å². The predicted molar refractivity (Wildman–Crippen MR) is 62.2 cm³/mol. The molecule has 1 aromatic heterocycles. The topological polar surface area (TPSA) is 52.7 Å². The van der Waals surface area contributed by atoms with Crippen LogP contribution in [0.3, 0.4) is 0 Å². The van der Waals surface area contributed by atoms with E-state index in [2.05, 4.69) is 27.8 Å². The number of rotatable bonds is 3. The maximum atomic E-state index is 4.17. The Morgan fingerprint density at radius 2 is 2.27 bits per heavy atom. The molecule has 1 atom stereocenters. The lowest BCUT2D eigenvalue weighted by atomic mass is 10.1. The first-order valence-corrected chi connectivity index (χ1v) is 5.76. The van der Waals surface area contributed by atoms with E-state index in [0.717, 1.165) is 24.5 Å². The van der Waals surface area contributed by atoms with E-state index < -0.39 is 0 Å². The van der Waals surface area contributed by atoms with Crippen molar-refractivity contribution in [2.24, 2.45) is 0 Å². The van der Waals surface area contributed by atoms with E-state index >= 15 is 0 Å². The fourth-order valence-corrected chi connectivity index (χ4v) is 2.13. The number of nitrogens with one attached hydrogen (secondary N) is 3. The van der Waals surface area contributed by atoms with E-state index in [1.165, 1.54) is 24.9 Å². The number of hydrogen-bond acceptors (Lipinski definition) is 3. The Balaban J connectivity index is 1.87. The quantitative estimate of drug-likeness (QED) is 0.707. The third-order valence-corrected chi connectivity index (χ3v) is 3.07. The molecule has 1 aromatic rings. The maximum absolute atomic E-state index is 4.17. The van der Waals surface area contributed by atoms with E-state index in [4.69, 9.17) is 0 Å². The number of aryl methyl sites for hydroxylation is 2. The molecule has 1 saturated heterocycles. The zero-order chi connectivity index (χ0) is 10.7. The van der Waals surface area contributed by atoms with Gasteiger partial charge in [-0.25, -0.2) is 0 Å². The normalized spacial score (nSPS) is 21.6. The molecule has 1 aliphatic rings. The van der Waals surface area contributed by atoms with E-state index in [1.54, 1.807) is 0 Å². The van der Waals surface area contributed by atoms with Crippen LogP contribution >= 0.6 is 0 Å². The van der Waals surface area contributed by atoms with Crippen molar-refractivity contribution in [3.05, 3.63) is 11.4 Å². The van der Waals surface area contributed by atoms with Crippen molar-refractivity contribution in [3.63, 3.8) is 0 Å². The van der Waals surface area contributed by atoms with E-state index in [9.17, 15) is 0 Å². The third-order valence-electron chi connectivity index (χ3n) is 3.07. The van der Waals surface area contributed by atoms with Gasteiger partial charge in [-0.3, -0.25) is 5.10 Å². The summed E-state index contributed by atoms with van der Waals surface area (Å²) in [5.41, 5.74) is 3.36. The Hall–Kier alpha value is -1.03. The maximum Gasteiger partial charge on any atom is 0.0825 e. The molecular weight excluding hydrogens is 188 g/mol. The van der Waals surface area contributed by atoms with Gasteiger partial charge in [-0.15, -0.1) is 0 Å². The predicted octanol–water partition coefficient (Wildman–Crippen LogP) is 1.58. The number of piperidine rings is 1. The van der Waals surface area contributed by atoms with Crippen LogP contribution in [0, 0.1) is 13.8 Å². The minimum absolute atomic E-state index is 0.618. The molecule has 0 bridgehead atoms. The highest BCUT2D eigenvalue weighted by molar-refractivity contribution is 5.51. The first-order chi connectivity index (χ1) is 7.27. The van der Waals surface area contributed by atoms with E-state index in [0.29, 0.717) is 6.04 Å². The molecule has 0 spiro atoms. The largest absolute Gasteiger partial charge is 0.381 e. The number of H-pyrrole nitrogens is 1. The highest BCUT2D eigenvalue weighted by Crippen LogP contribution is 2.16. The van der Waals surface area contributed by atoms with Crippen molar-refractivity contribution in [2.75, 3.05) is 18.4 Å². The molecule has 4 nitrogen and oxygen atoms in total. The Bertz CT molecular complexity index is 293. The molecule has 4 heteroatoms. The molecule has 84 valence electrons. The van der Waals surface area contributed by atoms with Gasteiger partial charge < -0.3 is 10.6 Å². The molecule has 0 amide bonds. The van der Waals surface area contributed by atoms with Crippen molar-refractivity contribution < 1.29 is 0 Å². The second-order valence-corrected chi connectivity index (χ2v) is 4.34. The lowest BCUT2D eigenvalue weighted by molar-refractivity contribution is 0.414. The Morgan fingerprint density at radius 1 is 1.40 bits per heavy atom. The molecule has 0 aromatic carbocycles. The summed E-state index contributed by atoms with van der Waals surface area (Å²) in [4.78, 5) is 0. The van der Waals surface area contributed by atoms with Gasteiger partial charge in [-0.2, -0.15) is 5.10 Å². The smallest absolute Gasteiger partial charge is 0.0825 e. The average Bonchev–Trinajstić information content (AvgIpc) is 2.58. The SMILES string of the molecule is Cc1n[nH]c(C)c1NCC1CCCCN1. The van der Waals surface area contributed by atoms with Crippen LogP contribution in [-0.2, 0) is 0 Å². The molecule has 0 aliphatic carbocycles. The molecular formula is C11H20N4. The number of anilines is 1. The zero-order valence-electron chi connectivity index (χ0n) is 9.56. The summed E-state index contributed by atoms with van der Waals surface area (Å²) in [6.45, 7) is 6.24. The third kappa shape index (κ3) is 2.50. The summed E-state index contributed by atoms with van der Waals surface area (Å²) in [5.74, 6) is 0. The van der Waals surface area contributed by atoms with Gasteiger partial charge >= 0.3 is 0 Å². The minimum atomic E-state index is 0.618. The van der Waals surface area contributed by atoms with Gasteiger partial charge in [0.2, 0.25) is 0 Å². The molecule has 3 N–H and O–H groups in total. The van der Waals surface area contributed by atoms with Gasteiger partial charge in [0, 0.05) is 12.6 Å². The summed E-state index contributed by atoms with van der Waals surface area (Å²) in [7, 11) is 0. The molecule has 0 saturated carbocycles. The van der Waals surface area contributed by atoms with Crippen LogP contribution in [0.5, 0.6) is 0 Å². The highest BCUT2D eigenvalue weighted by atomic mass is 15.2. The summed E-state index contributed by atoms with van der Waals surface area (Å²) in [6.07, 6.45) is 3.95. The van der Waals surface area contributed by atoms with Crippen LogP contribution in [-0.4, -0.2) is 29.3 Å². The van der Waals surface area contributed by atoms with Crippen LogP contribution in [0.4, 0.5) is 5.69 Å². The molecule has 1 fully saturated rings. The van der Waals surface area contributed by atoms with Crippen molar-refractivity contribution in [1.82, 2.24) is 15.5 Å². The summed E-state index contributed by atoms with van der Waals surface area (Å²) < 4.78 is 0. The molecule has 15 heavy (non-hydrogen) atoms. The average molecular weight is 208 g/mol. The number of nitrogens with zero attached hydrogens (tertiary/aromatic N) is 1. The van der Waals surface area contributed by atoms with Crippen LogP contribution in [0.25, 0.3) is 0 Å². The van der Waals surface area contributed by atoms with Gasteiger partial charge in [0.05, 0.1) is 17.1 Å². The Morgan fingerprint density at radius 3 is 2.87 bits per heavy atom. The van der Waals surface area contributed by atoms with Gasteiger partial charge in [0.25, 0.3) is 0 Å². The minimum Gasteiger partial charge on any atom is -0.381 e. The van der Waals surface area contributed by atoms with Crippen LogP contribution < -0.4 is 10.6 Å². The van der Waals surface area contributed by atoms with E-state index in [-0.39, 0.29) is 0 Å². The fourth-order valence-electron chi connectivity index (χ4n) is 2.13. The van der Waals surface area contributed by atoms with Gasteiger partial charge in [0.15, 0.2) is 0 Å². The van der Waals surface area contributed by atoms with E-state index in [1.807, 2.05) is 6.92 Å².